The number of ether oxygens (including phenoxy) is 1. The number of benzene rings is 1. The highest BCUT2D eigenvalue weighted by Crippen LogP contribution is 2.17. The molecule has 1 N–H and O–H groups in total. The summed E-state index contributed by atoms with van der Waals surface area (Å²) in [6, 6.07) is 5.74. The minimum atomic E-state index is -0.384. The van der Waals surface area contributed by atoms with Crippen LogP contribution in [0.4, 0.5) is 4.39 Å². The van der Waals surface area contributed by atoms with Crippen LogP contribution in [0.5, 0.6) is 0 Å². The molecule has 1 fully saturated rings. The van der Waals surface area contributed by atoms with Crippen molar-refractivity contribution in [3.05, 3.63) is 35.6 Å². The molecule has 1 aromatic rings. The zero-order valence-corrected chi connectivity index (χ0v) is 10.3. The van der Waals surface area contributed by atoms with Gasteiger partial charge in [-0.15, -0.1) is 0 Å². The number of hydrogen-bond acceptors (Lipinski definition) is 2. The van der Waals surface area contributed by atoms with Gasteiger partial charge >= 0.3 is 0 Å². The van der Waals surface area contributed by atoms with Crippen LogP contribution in [-0.2, 0) is 4.74 Å². The molecule has 1 saturated heterocycles. The van der Waals surface area contributed by atoms with E-state index in [4.69, 9.17) is 4.74 Å². The lowest BCUT2D eigenvalue weighted by atomic mass is 10.0. The van der Waals surface area contributed by atoms with Gasteiger partial charge in [0, 0.05) is 25.3 Å². The van der Waals surface area contributed by atoms with Gasteiger partial charge in [-0.2, -0.15) is 0 Å². The lowest BCUT2D eigenvalue weighted by Gasteiger charge is -2.08. The minimum Gasteiger partial charge on any atom is -0.381 e. The van der Waals surface area contributed by atoms with Gasteiger partial charge in [0.15, 0.2) is 0 Å². The summed E-state index contributed by atoms with van der Waals surface area (Å²) in [6.45, 7) is 2.34. The number of hydrogen-bond donors (Lipinski definition) is 1. The van der Waals surface area contributed by atoms with E-state index in [1.165, 1.54) is 12.1 Å². The van der Waals surface area contributed by atoms with Crippen molar-refractivity contribution in [3.8, 4) is 0 Å². The number of nitrogens with one attached hydrogen (secondary N) is 1. The Balaban J connectivity index is 1.68. The summed E-state index contributed by atoms with van der Waals surface area (Å²) in [4.78, 5) is 11.7. The second kappa shape index (κ2) is 6.50. The van der Waals surface area contributed by atoms with Crippen molar-refractivity contribution in [2.24, 2.45) is 5.92 Å². The van der Waals surface area contributed by atoms with Crippen LogP contribution in [0, 0.1) is 11.7 Å². The number of amides is 1. The molecule has 1 amide bonds. The van der Waals surface area contributed by atoms with Crippen molar-refractivity contribution in [2.75, 3.05) is 19.8 Å². The molecule has 0 saturated carbocycles. The van der Waals surface area contributed by atoms with E-state index < -0.39 is 0 Å². The molecule has 0 aromatic heterocycles. The first-order valence-electron chi connectivity index (χ1n) is 6.37. The Morgan fingerprint density at radius 3 is 3.11 bits per heavy atom. The second-order valence-corrected chi connectivity index (χ2v) is 4.64. The van der Waals surface area contributed by atoms with E-state index in [9.17, 15) is 9.18 Å². The molecule has 0 bridgehead atoms. The Kier molecular flexibility index (Phi) is 4.70. The molecule has 1 heterocycles. The molecular weight excluding hydrogens is 233 g/mol. The third-order valence-corrected chi connectivity index (χ3v) is 3.19. The van der Waals surface area contributed by atoms with Gasteiger partial charge in [-0.3, -0.25) is 4.79 Å². The molecular formula is C14H18FNO2. The van der Waals surface area contributed by atoms with E-state index >= 15 is 0 Å². The van der Waals surface area contributed by atoms with Gasteiger partial charge in [0.2, 0.25) is 0 Å². The highest BCUT2D eigenvalue weighted by atomic mass is 19.1. The van der Waals surface area contributed by atoms with E-state index in [0.717, 1.165) is 32.5 Å². The van der Waals surface area contributed by atoms with Gasteiger partial charge in [-0.05, 0) is 43.4 Å². The van der Waals surface area contributed by atoms with E-state index in [0.29, 0.717) is 18.0 Å². The smallest absolute Gasteiger partial charge is 0.251 e. The van der Waals surface area contributed by atoms with E-state index in [1.807, 2.05) is 0 Å². The number of carbonyl (C=O) groups is 1. The van der Waals surface area contributed by atoms with Crippen LogP contribution in [0.15, 0.2) is 24.3 Å². The molecule has 1 atom stereocenters. The standard InChI is InChI=1S/C14H18FNO2/c15-13-5-1-4-12(9-13)14(17)16-7-2-3-11-6-8-18-10-11/h1,4-5,9,11H,2-3,6-8,10H2,(H,16,17)/t11-/m0/s1. The molecule has 0 radical (unpaired) electrons. The molecule has 0 spiro atoms. The Morgan fingerprint density at radius 1 is 1.50 bits per heavy atom. The van der Waals surface area contributed by atoms with Crippen LogP contribution >= 0.6 is 0 Å². The van der Waals surface area contributed by atoms with Gasteiger partial charge in [0.05, 0.1) is 0 Å². The van der Waals surface area contributed by atoms with Gasteiger partial charge in [-0.25, -0.2) is 4.39 Å². The summed E-state index contributed by atoms with van der Waals surface area (Å²) in [5.41, 5.74) is 0.374. The number of rotatable bonds is 5. The molecule has 4 heteroatoms. The predicted octanol–water partition coefficient (Wildman–Crippen LogP) is 2.37. The minimum absolute atomic E-state index is 0.211. The van der Waals surface area contributed by atoms with Crippen molar-refractivity contribution >= 4 is 5.91 Å². The lowest BCUT2D eigenvalue weighted by Crippen LogP contribution is -2.24. The largest absolute Gasteiger partial charge is 0.381 e. The summed E-state index contributed by atoms with van der Waals surface area (Å²) in [5, 5.41) is 2.80. The third-order valence-electron chi connectivity index (χ3n) is 3.19. The SMILES string of the molecule is O=C(NCCC[C@H]1CCOC1)c1cccc(F)c1. The van der Waals surface area contributed by atoms with Crippen LogP contribution in [-0.4, -0.2) is 25.7 Å². The molecule has 98 valence electrons. The first kappa shape index (κ1) is 13.0. The molecule has 0 aliphatic carbocycles. The summed E-state index contributed by atoms with van der Waals surface area (Å²) >= 11 is 0. The van der Waals surface area contributed by atoms with Crippen LogP contribution in [0.25, 0.3) is 0 Å². The van der Waals surface area contributed by atoms with Gasteiger partial charge < -0.3 is 10.1 Å². The number of halogens is 1. The summed E-state index contributed by atoms with van der Waals surface area (Å²) in [5.74, 6) is 0.0407. The third kappa shape index (κ3) is 3.81. The van der Waals surface area contributed by atoms with Crippen molar-refractivity contribution in [1.29, 1.82) is 0 Å². The van der Waals surface area contributed by atoms with Crippen molar-refractivity contribution < 1.29 is 13.9 Å². The first-order valence-corrected chi connectivity index (χ1v) is 6.37. The molecule has 3 nitrogen and oxygen atoms in total. The topological polar surface area (TPSA) is 38.3 Å². The van der Waals surface area contributed by atoms with E-state index in [1.54, 1.807) is 12.1 Å². The molecule has 1 aliphatic rings. The quantitative estimate of drug-likeness (QED) is 0.816. The Labute approximate surface area is 106 Å². The Morgan fingerprint density at radius 2 is 2.39 bits per heavy atom. The molecule has 1 aromatic carbocycles. The van der Waals surface area contributed by atoms with Crippen LogP contribution in [0.2, 0.25) is 0 Å². The Hall–Kier alpha value is -1.42. The van der Waals surface area contributed by atoms with Crippen molar-refractivity contribution in [1.82, 2.24) is 5.32 Å². The maximum Gasteiger partial charge on any atom is 0.251 e. The highest BCUT2D eigenvalue weighted by Gasteiger charge is 2.14. The zero-order chi connectivity index (χ0) is 12.8. The zero-order valence-electron chi connectivity index (χ0n) is 10.3. The maximum absolute atomic E-state index is 12.9. The van der Waals surface area contributed by atoms with Gasteiger partial charge in [0.1, 0.15) is 5.82 Å². The highest BCUT2D eigenvalue weighted by molar-refractivity contribution is 5.94. The van der Waals surface area contributed by atoms with Gasteiger partial charge in [0.25, 0.3) is 5.91 Å². The summed E-state index contributed by atoms with van der Waals surface area (Å²) < 4.78 is 18.2. The monoisotopic (exact) mass is 251 g/mol. The molecule has 2 rings (SSSR count). The Bertz CT molecular complexity index is 403. The van der Waals surface area contributed by atoms with Crippen molar-refractivity contribution in [2.45, 2.75) is 19.3 Å². The maximum atomic E-state index is 12.9. The van der Waals surface area contributed by atoms with Crippen molar-refractivity contribution in [3.63, 3.8) is 0 Å². The lowest BCUT2D eigenvalue weighted by molar-refractivity contribution is 0.0952. The van der Waals surface area contributed by atoms with Gasteiger partial charge in [-0.1, -0.05) is 6.07 Å². The molecule has 18 heavy (non-hydrogen) atoms. The average Bonchev–Trinajstić information content (AvgIpc) is 2.87. The molecule has 0 unspecified atom stereocenters. The summed E-state index contributed by atoms with van der Waals surface area (Å²) in [7, 11) is 0. The first-order chi connectivity index (χ1) is 8.75. The van der Waals surface area contributed by atoms with Crippen LogP contribution in [0.3, 0.4) is 0 Å². The van der Waals surface area contributed by atoms with Crippen LogP contribution in [0.1, 0.15) is 29.6 Å². The molecule has 1 aliphatic heterocycles. The number of carbonyl (C=O) groups excluding carboxylic acids is 1. The fraction of sp³-hybridized carbons (Fsp3) is 0.500. The van der Waals surface area contributed by atoms with E-state index in [-0.39, 0.29) is 11.7 Å². The van der Waals surface area contributed by atoms with Crippen LogP contribution < -0.4 is 5.32 Å². The summed E-state index contributed by atoms with van der Waals surface area (Å²) in [6.07, 6.45) is 3.14. The fourth-order valence-corrected chi connectivity index (χ4v) is 2.14. The van der Waals surface area contributed by atoms with E-state index in [2.05, 4.69) is 5.32 Å². The fourth-order valence-electron chi connectivity index (χ4n) is 2.14. The second-order valence-electron chi connectivity index (χ2n) is 4.64. The predicted molar refractivity (Wildman–Crippen MR) is 66.9 cm³/mol. The average molecular weight is 251 g/mol. The normalized spacial score (nSPS) is 18.8.